The number of H-pyrrole nitrogens is 1. The molecule has 0 saturated carbocycles. The number of esters is 1. The van der Waals surface area contributed by atoms with Crippen molar-refractivity contribution in [2.45, 2.75) is 6.92 Å². The molecule has 0 atom stereocenters. The number of methoxy groups -OCH3 is 1. The van der Waals surface area contributed by atoms with Crippen LogP contribution in [0.3, 0.4) is 0 Å². The summed E-state index contributed by atoms with van der Waals surface area (Å²) in [7, 11) is 1.35. The third kappa shape index (κ3) is 1.76. The standard InChI is InChI=1S/C14H11ClN2O2/c1-7-12-9-5-8(15)3-4-10(9)17-11(12)6-16-13(7)14(18)19-2/h3-6,17H,1-2H3. The number of hydrogen-bond acceptors (Lipinski definition) is 3. The number of nitrogens with one attached hydrogen (secondary N) is 1. The first-order valence-electron chi connectivity index (χ1n) is 5.76. The van der Waals surface area contributed by atoms with Gasteiger partial charge in [-0.1, -0.05) is 11.6 Å². The van der Waals surface area contributed by atoms with Crippen molar-refractivity contribution < 1.29 is 9.53 Å². The van der Waals surface area contributed by atoms with Gasteiger partial charge in [0.2, 0.25) is 0 Å². The largest absolute Gasteiger partial charge is 0.464 e. The van der Waals surface area contributed by atoms with E-state index in [2.05, 4.69) is 9.97 Å². The lowest BCUT2D eigenvalue weighted by atomic mass is 10.1. The summed E-state index contributed by atoms with van der Waals surface area (Å²) in [5, 5.41) is 2.59. The van der Waals surface area contributed by atoms with Crippen LogP contribution in [0.1, 0.15) is 16.1 Å². The summed E-state index contributed by atoms with van der Waals surface area (Å²) >= 11 is 6.04. The SMILES string of the molecule is COC(=O)c1ncc2[nH]c3ccc(Cl)cc3c2c1C. The molecule has 2 aromatic heterocycles. The van der Waals surface area contributed by atoms with Gasteiger partial charge < -0.3 is 9.72 Å². The molecule has 0 amide bonds. The molecule has 0 unspecified atom stereocenters. The van der Waals surface area contributed by atoms with Crippen LogP contribution in [0.25, 0.3) is 21.8 Å². The average molecular weight is 275 g/mol. The maximum absolute atomic E-state index is 11.7. The Labute approximate surface area is 114 Å². The van der Waals surface area contributed by atoms with E-state index >= 15 is 0 Å². The lowest BCUT2D eigenvalue weighted by molar-refractivity contribution is 0.0593. The summed E-state index contributed by atoms with van der Waals surface area (Å²) in [5.41, 5.74) is 2.96. The van der Waals surface area contributed by atoms with Gasteiger partial charge >= 0.3 is 5.97 Å². The van der Waals surface area contributed by atoms with Crippen molar-refractivity contribution in [2.24, 2.45) is 0 Å². The van der Waals surface area contributed by atoms with E-state index in [9.17, 15) is 4.79 Å². The second kappa shape index (κ2) is 4.24. The van der Waals surface area contributed by atoms with Crippen molar-refractivity contribution in [1.29, 1.82) is 0 Å². The molecule has 96 valence electrons. The molecule has 0 bridgehead atoms. The fourth-order valence-corrected chi connectivity index (χ4v) is 2.50. The van der Waals surface area contributed by atoms with Crippen molar-refractivity contribution in [1.82, 2.24) is 9.97 Å². The summed E-state index contributed by atoms with van der Waals surface area (Å²) in [6.45, 7) is 1.86. The van der Waals surface area contributed by atoms with E-state index < -0.39 is 5.97 Å². The van der Waals surface area contributed by atoms with Crippen molar-refractivity contribution in [3.05, 3.63) is 40.7 Å². The Morgan fingerprint density at radius 2 is 2.16 bits per heavy atom. The Bertz CT molecular complexity index is 808. The van der Waals surface area contributed by atoms with E-state index in [0.29, 0.717) is 10.7 Å². The maximum Gasteiger partial charge on any atom is 0.356 e. The number of ether oxygens (including phenoxy) is 1. The predicted octanol–water partition coefficient (Wildman–Crippen LogP) is 3.46. The second-order valence-corrected chi connectivity index (χ2v) is 4.76. The summed E-state index contributed by atoms with van der Waals surface area (Å²) in [6.07, 6.45) is 1.64. The molecule has 0 aliphatic carbocycles. The van der Waals surface area contributed by atoms with Gasteiger partial charge in [0, 0.05) is 21.3 Å². The number of pyridine rings is 1. The molecule has 3 aromatic rings. The van der Waals surface area contributed by atoms with Crippen LogP contribution < -0.4 is 0 Å². The van der Waals surface area contributed by atoms with E-state index in [1.807, 2.05) is 25.1 Å². The van der Waals surface area contributed by atoms with Crippen LogP contribution in [0.2, 0.25) is 5.02 Å². The van der Waals surface area contributed by atoms with E-state index in [1.165, 1.54) is 7.11 Å². The van der Waals surface area contributed by atoms with E-state index in [4.69, 9.17) is 16.3 Å². The normalized spacial score (nSPS) is 11.1. The number of rotatable bonds is 1. The van der Waals surface area contributed by atoms with Crippen LogP contribution in [0.4, 0.5) is 0 Å². The zero-order valence-corrected chi connectivity index (χ0v) is 11.2. The molecule has 0 spiro atoms. The smallest absolute Gasteiger partial charge is 0.356 e. The first-order valence-corrected chi connectivity index (χ1v) is 6.14. The maximum atomic E-state index is 11.7. The van der Waals surface area contributed by atoms with Crippen LogP contribution in [0, 0.1) is 6.92 Å². The number of aromatic amines is 1. The van der Waals surface area contributed by atoms with Gasteiger partial charge in [-0.3, -0.25) is 0 Å². The quantitative estimate of drug-likeness (QED) is 0.691. The van der Waals surface area contributed by atoms with Crippen molar-refractivity contribution in [3.8, 4) is 0 Å². The van der Waals surface area contributed by atoms with Crippen LogP contribution >= 0.6 is 11.6 Å². The molecule has 2 heterocycles. The number of carbonyl (C=O) groups excluding carboxylic acids is 1. The number of nitrogens with zero attached hydrogens (tertiary/aromatic N) is 1. The Morgan fingerprint density at radius 3 is 2.89 bits per heavy atom. The topological polar surface area (TPSA) is 55.0 Å². The second-order valence-electron chi connectivity index (χ2n) is 4.33. The number of aryl methyl sites for hydroxylation is 1. The van der Waals surface area contributed by atoms with Gasteiger partial charge in [0.25, 0.3) is 0 Å². The van der Waals surface area contributed by atoms with Gasteiger partial charge in [-0.2, -0.15) is 0 Å². The Kier molecular flexibility index (Phi) is 2.68. The number of aromatic nitrogens is 2. The molecule has 3 rings (SSSR count). The molecule has 0 fully saturated rings. The van der Waals surface area contributed by atoms with E-state index in [-0.39, 0.29) is 0 Å². The van der Waals surface area contributed by atoms with Gasteiger partial charge in [0.1, 0.15) is 0 Å². The fourth-order valence-electron chi connectivity index (χ4n) is 2.33. The number of carbonyl (C=O) groups is 1. The molecular formula is C14H11ClN2O2. The molecule has 1 aromatic carbocycles. The molecular weight excluding hydrogens is 264 g/mol. The van der Waals surface area contributed by atoms with Crippen molar-refractivity contribution in [3.63, 3.8) is 0 Å². The minimum atomic E-state index is -0.434. The predicted molar refractivity (Wildman–Crippen MR) is 74.7 cm³/mol. The third-order valence-electron chi connectivity index (χ3n) is 3.22. The van der Waals surface area contributed by atoms with Crippen molar-refractivity contribution >= 4 is 39.4 Å². The van der Waals surface area contributed by atoms with Crippen LogP contribution in [-0.4, -0.2) is 23.0 Å². The number of benzene rings is 1. The lowest BCUT2D eigenvalue weighted by Gasteiger charge is -2.04. The Balaban J connectivity index is 2.43. The molecule has 19 heavy (non-hydrogen) atoms. The molecule has 1 N–H and O–H groups in total. The summed E-state index contributed by atoms with van der Waals surface area (Å²) in [6, 6.07) is 5.61. The van der Waals surface area contributed by atoms with Gasteiger partial charge in [0.15, 0.2) is 5.69 Å². The van der Waals surface area contributed by atoms with Gasteiger partial charge in [0.05, 0.1) is 18.8 Å². The Morgan fingerprint density at radius 1 is 1.37 bits per heavy atom. The highest BCUT2D eigenvalue weighted by Gasteiger charge is 2.16. The molecule has 0 radical (unpaired) electrons. The summed E-state index contributed by atoms with van der Waals surface area (Å²) < 4.78 is 4.74. The highest BCUT2D eigenvalue weighted by atomic mass is 35.5. The molecule has 4 nitrogen and oxygen atoms in total. The minimum Gasteiger partial charge on any atom is -0.464 e. The Hall–Kier alpha value is -2.07. The molecule has 0 saturated heterocycles. The van der Waals surface area contributed by atoms with Crippen LogP contribution in [0.15, 0.2) is 24.4 Å². The van der Waals surface area contributed by atoms with Crippen LogP contribution in [0.5, 0.6) is 0 Å². The third-order valence-corrected chi connectivity index (χ3v) is 3.46. The minimum absolute atomic E-state index is 0.330. The number of halogens is 1. The summed E-state index contributed by atoms with van der Waals surface area (Å²) in [5.74, 6) is -0.434. The zero-order valence-electron chi connectivity index (χ0n) is 10.5. The average Bonchev–Trinajstić information content (AvgIpc) is 2.76. The lowest BCUT2D eigenvalue weighted by Crippen LogP contribution is -2.06. The molecule has 0 aliphatic rings. The van der Waals surface area contributed by atoms with Crippen molar-refractivity contribution in [2.75, 3.05) is 7.11 Å². The zero-order chi connectivity index (χ0) is 13.6. The van der Waals surface area contributed by atoms with E-state index in [0.717, 1.165) is 27.4 Å². The molecule has 5 heteroatoms. The monoisotopic (exact) mass is 274 g/mol. The number of hydrogen-bond donors (Lipinski definition) is 1. The van der Waals surface area contributed by atoms with Gasteiger partial charge in [-0.25, -0.2) is 9.78 Å². The van der Waals surface area contributed by atoms with Gasteiger partial charge in [-0.05, 0) is 30.7 Å². The highest BCUT2D eigenvalue weighted by molar-refractivity contribution is 6.32. The van der Waals surface area contributed by atoms with Crippen LogP contribution in [-0.2, 0) is 4.74 Å². The number of fused-ring (bicyclic) bond motifs is 3. The first kappa shape index (κ1) is 12.0. The molecule has 0 aliphatic heterocycles. The fraction of sp³-hybridized carbons (Fsp3) is 0.143. The van der Waals surface area contributed by atoms with Gasteiger partial charge in [-0.15, -0.1) is 0 Å². The summed E-state index contributed by atoms with van der Waals surface area (Å²) in [4.78, 5) is 19.1. The highest BCUT2D eigenvalue weighted by Crippen LogP contribution is 2.30. The first-order chi connectivity index (χ1) is 9.11. The van der Waals surface area contributed by atoms with E-state index in [1.54, 1.807) is 6.20 Å².